The molecule has 1 aliphatic carbocycles. The minimum Gasteiger partial charge on any atom is -0.359 e. The molecule has 2 heterocycles. The smallest absolute Gasteiger partial charge is 0.194 e. The van der Waals surface area contributed by atoms with Crippen molar-refractivity contribution in [2.45, 2.75) is 58.4 Å². The Morgan fingerprint density at radius 2 is 2.13 bits per heavy atom. The summed E-state index contributed by atoms with van der Waals surface area (Å²) in [7, 11) is 1.87. The standard InChI is InChI=1S/C17H28N4O.HI/c1-3-14-11-15(22-20-14)12-19-16(18-2)21-10-9-17(13-21)7-5-4-6-8-17;/h11H,3-10,12-13H2,1-2H3,(H,18,19);1H. The van der Waals surface area contributed by atoms with Gasteiger partial charge in [-0.3, -0.25) is 4.99 Å². The Balaban J connectivity index is 0.00000192. The van der Waals surface area contributed by atoms with E-state index in [-0.39, 0.29) is 24.0 Å². The van der Waals surface area contributed by atoms with Crippen LogP contribution in [-0.2, 0) is 13.0 Å². The summed E-state index contributed by atoms with van der Waals surface area (Å²) < 4.78 is 5.34. The zero-order valence-corrected chi connectivity index (χ0v) is 16.6. The first kappa shape index (κ1) is 18.5. The number of guanidine groups is 1. The Morgan fingerprint density at radius 1 is 1.35 bits per heavy atom. The summed E-state index contributed by atoms with van der Waals surface area (Å²) in [5, 5.41) is 7.47. The summed E-state index contributed by atoms with van der Waals surface area (Å²) in [5.74, 6) is 1.88. The second kappa shape index (κ2) is 8.35. The van der Waals surface area contributed by atoms with Crippen LogP contribution in [0.4, 0.5) is 0 Å². The predicted octanol–water partition coefficient (Wildman–Crippen LogP) is 3.59. The minimum absolute atomic E-state index is 0. The number of likely N-dealkylation sites (tertiary alicyclic amines) is 1. The molecule has 23 heavy (non-hydrogen) atoms. The average Bonchev–Trinajstić information content (AvgIpc) is 3.17. The van der Waals surface area contributed by atoms with Crippen LogP contribution >= 0.6 is 24.0 Å². The average molecular weight is 432 g/mol. The lowest BCUT2D eigenvalue weighted by molar-refractivity contribution is 0.203. The first-order valence-corrected chi connectivity index (χ1v) is 8.65. The van der Waals surface area contributed by atoms with Crippen LogP contribution in [0, 0.1) is 5.41 Å². The maximum absolute atomic E-state index is 5.34. The van der Waals surface area contributed by atoms with Crippen molar-refractivity contribution in [2.24, 2.45) is 10.4 Å². The molecule has 0 amide bonds. The summed E-state index contributed by atoms with van der Waals surface area (Å²) >= 11 is 0. The number of aliphatic imine (C=N–C) groups is 1. The number of hydrogen-bond donors (Lipinski definition) is 1. The minimum atomic E-state index is 0. The number of aryl methyl sites for hydroxylation is 1. The van der Waals surface area contributed by atoms with Gasteiger partial charge < -0.3 is 14.7 Å². The Kier molecular flexibility index (Phi) is 6.73. The molecule has 6 heteroatoms. The van der Waals surface area contributed by atoms with Crippen LogP contribution in [0.1, 0.15) is 56.9 Å². The van der Waals surface area contributed by atoms with Gasteiger partial charge in [-0.05, 0) is 31.1 Å². The van der Waals surface area contributed by atoms with Gasteiger partial charge >= 0.3 is 0 Å². The number of halogens is 1. The topological polar surface area (TPSA) is 53.7 Å². The third-order valence-corrected chi connectivity index (χ3v) is 5.25. The van der Waals surface area contributed by atoms with Crippen LogP contribution in [0.25, 0.3) is 0 Å². The first-order valence-electron chi connectivity index (χ1n) is 8.65. The molecule has 1 N–H and O–H groups in total. The zero-order valence-electron chi connectivity index (χ0n) is 14.3. The number of nitrogens with one attached hydrogen (secondary N) is 1. The molecule has 0 atom stereocenters. The molecule has 0 unspecified atom stereocenters. The zero-order chi connectivity index (χ0) is 15.4. The molecule has 1 saturated carbocycles. The second-order valence-corrected chi connectivity index (χ2v) is 6.77. The van der Waals surface area contributed by atoms with Crippen molar-refractivity contribution in [1.82, 2.24) is 15.4 Å². The van der Waals surface area contributed by atoms with Crippen molar-refractivity contribution in [3.63, 3.8) is 0 Å². The van der Waals surface area contributed by atoms with Crippen molar-refractivity contribution < 1.29 is 4.52 Å². The Labute approximate surface area is 156 Å². The fourth-order valence-electron chi connectivity index (χ4n) is 3.93. The van der Waals surface area contributed by atoms with Crippen LogP contribution in [0.5, 0.6) is 0 Å². The SMILES string of the molecule is CCc1cc(CNC(=NC)N2CCC3(CCCCC3)C2)on1.I. The van der Waals surface area contributed by atoms with Gasteiger partial charge in [-0.1, -0.05) is 31.3 Å². The van der Waals surface area contributed by atoms with Gasteiger partial charge in [-0.25, -0.2) is 0 Å². The highest BCUT2D eigenvalue weighted by molar-refractivity contribution is 14.0. The summed E-state index contributed by atoms with van der Waals surface area (Å²) in [6.45, 7) is 5.02. The summed E-state index contributed by atoms with van der Waals surface area (Å²) in [6, 6.07) is 2.02. The van der Waals surface area contributed by atoms with Crippen LogP contribution in [0.3, 0.4) is 0 Å². The highest BCUT2D eigenvalue weighted by Gasteiger charge is 2.39. The number of aromatic nitrogens is 1. The molecule has 0 aromatic carbocycles. The molecule has 1 aromatic rings. The van der Waals surface area contributed by atoms with Crippen LogP contribution in [0.15, 0.2) is 15.6 Å². The van der Waals surface area contributed by atoms with Gasteiger partial charge in [0.1, 0.15) is 0 Å². The van der Waals surface area contributed by atoms with Gasteiger partial charge in [0.05, 0.1) is 12.2 Å². The van der Waals surface area contributed by atoms with Crippen molar-refractivity contribution in [3.8, 4) is 0 Å². The Morgan fingerprint density at radius 3 is 2.78 bits per heavy atom. The molecule has 3 rings (SSSR count). The van der Waals surface area contributed by atoms with Crippen LogP contribution in [-0.4, -0.2) is 36.2 Å². The van der Waals surface area contributed by atoms with E-state index >= 15 is 0 Å². The van der Waals surface area contributed by atoms with E-state index in [4.69, 9.17) is 4.52 Å². The lowest BCUT2D eigenvalue weighted by Crippen LogP contribution is -2.41. The van der Waals surface area contributed by atoms with E-state index in [9.17, 15) is 0 Å². The highest BCUT2D eigenvalue weighted by Crippen LogP contribution is 2.43. The van der Waals surface area contributed by atoms with Crippen LogP contribution < -0.4 is 5.32 Å². The van der Waals surface area contributed by atoms with Crippen molar-refractivity contribution >= 4 is 29.9 Å². The molecule has 2 fully saturated rings. The van der Waals surface area contributed by atoms with Crippen molar-refractivity contribution in [2.75, 3.05) is 20.1 Å². The van der Waals surface area contributed by atoms with Gasteiger partial charge in [0.25, 0.3) is 0 Å². The van der Waals surface area contributed by atoms with Crippen molar-refractivity contribution in [3.05, 3.63) is 17.5 Å². The van der Waals surface area contributed by atoms with Gasteiger partial charge in [0, 0.05) is 26.2 Å². The monoisotopic (exact) mass is 432 g/mol. The maximum atomic E-state index is 5.34. The molecule has 0 bridgehead atoms. The maximum Gasteiger partial charge on any atom is 0.194 e. The molecule has 5 nitrogen and oxygen atoms in total. The molecule has 1 aromatic heterocycles. The fraction of sp³-hybridized carbons (Fsp3) is 0.765. The molecule has 2 aliphatic rings. The summed E-state index contributed by atoms with van der Waals surface area (Å²) in [5.41, 5.74) is 1.56. The van der Waals surface area contributed by atoms with E-state index in [2.05, 4.69) is 27.3 Å². The highest BCUT2D eigenvalue weighted by atomic mass is 127. The fourth-order valence-corrected chi connectivity index (χ4v) is 3.93. The third-order valence-electron chi connectivity index (χ3n) is 5.25. The summed E-state index contributed by atoms with van der Waals surface area (Å²) in [6.07, 6.45) is 9.23. The number of nitrogens with zero attached hydrogens (tertiary/aromatic N) is 3. The summed E-state index contributed by atoms with van der Waals surface area (Å²) in [4.78, 5) is 6.88. The largest absolute Gasteiger partial charge is 0.359 e. The number of rotatable bonds is 3. The Hall–Kier alpha value is -0.790. The molecule has 1 spiro atoms. The number of hydrogen-bond acceptors (Lipinski definition) is 3. The van der Waals surface area contributed by atoms with Gasteiger partial charge in [0.2, 0.25) is 0 Å². The molecule has 130 valence electrons. The lowest BCUT2D eigenvalue weighted by atomic mass is 9.73. The van der Waals surface area contributed by atoms with E-state index in [1.807, 2.05) is 13.1 Å². The second-order valence-electron chi connectivity index (χ2n) is 6.77. The quantitative estimate of drug-likeness (QED) is 0.451. The predicted molar refractivity (Wildman–Crippen MR) is 103 cm³/mol. The van der Waals surface area contributed by atoms with E-state index in [0.717, 1.165) is 36.9 Å². The van der Waals surface area contributed by atoms with E-state index in [1.54, 1.807) is 0 Å². The third kappa shape index (κ3) is 4.39. The van der Waals surface area contributed by atoms with Gasteiger partial charge in [-0.2, -0.15) is 0 Å². The molecular weight excluding hydrogens is 403 g/mol. The Bertz CT molecular complexity index is 522. The van der Waals surface area contributed by atoms with Gasteiger partial charge in [-0.15, -0.1) is 24.0 Å². The normalized spacial score (nSPS) is 20.6. The molecule has 1 saturated heterocycles. The van der Waals surface area contributed by atoms with E-state index in [0.29, 0.717) is 12.0 Å². The van der Waals surface area contributed by atoms with Crippen molar-refractivity contribution in [1.29, 1.82) is 0 Å². The molecule has 0 radical (unpaired) electrons. The molecule has 1 aliphatic heterocycles. The first-order chi connectivity index (χ1) is 10.7. The van der Waals surface area contributed by atoms with E-state index in [1.165, 1.54) is 38.5 Å². The van der Waals surface area contributed by atoms with Crippen LogP contribution in [0.2, 0.25) is 0 Å². The van der Waals surface area contributed by atoms with E-state index < -0.39 is 0 Å². The van der Waals surface area contributed by atoms with Gasteiger partial charge in [0.15, 0.2) is 11.7 Å². The lowest BCUT2D eigenvalue weighted by Gasteiger charge is -2.33. The molecular formula is C17H29IN4O.